The summed E-state index contributed by atoms with van der Waals surface area (Å²) in [6.45, 7) is 0.842. The number of hydrogen-bond acceptors (Lipinski definition) is 3. The molecule has 0 saturated carbocycles. The minimum absolute atomic E-state index is 0.775. The van der Waals surface area contributed by atoms with Gasteiger partial charge in [0, 0.05) is 49.4 Å². The minimum Gasteiger partial charge on any atom is -0.399 e. The number of nitrogens with zero attached hydrogens (tertiary/aromatic N) is 4. The summed E-state index contributed by atoms with van der Waals surface area (Å²) in [5.74, 6) is 0. The van der Waals surface area contributed by atoms with Crippen LogP contribution in [0, 0.1) is 0 Å². The van der Waals surface area contributed by atoms with Crippen LogP contribution in [0.25, 0.3) is 11.1 Å². The largest absolute Gasteiger partial charge is 0.399 e. The highest BCUT2D eigenvalue weighted by atomic mass is 15.3. The van der Waals surface area contributed by atoms with Crippen LogP contribution in [0.15, 0.2) is 48.9 Å². The number of nitrogens with two attached hydrogens (primary N) is 1. The van der Waals surface area contributed by atoms with Crippen LogP contribution < -0.4 is 5.73 Å². The van der Waals surface area contributed by atoms with E-state index in [2.05, 4.69) is 16.4 Å². The quantitative estimate of drug-likeness (QED) is 0.736. The van der Waals surface area contributed by atoms with Crippen LogP contribution in [-0.2, 0) is 20.0 Å². The summed E-state index contributed by atoms with van der Waals surface area (Å²) in [5.41, 5.74) is 9.91. The molecular formula is C15H17N5. The number of benzene rings is 1. The number of aromatic nitrogens is 4. The zero-order valence-electron chi connectivity index (χ0n) is 11.4. The molecule has 102 valence electrons. The lowest BCUT2D eigenvalue weighted by Gasteiger charge is -2.02. The topological polar surface area (TPSA) is 61.7 Å². The van der Waals surface area contributed by atoms with Crippen molar-refractivity contribution in [1.82, 2.24) is 19.6 Å². The van der Waals surface area contributed by atoms with Crippen LogP contribution in [0.4, 0.5) is 5.69 Å². The van der Waals surface area contributed by atoms with Crippen molar-refractivity contribution in [1.29, 1.82) is 0 Å². The van der Waals surface area contributed by atoms with Gasteiger partial charge in [-0.05, 0) is 23.8 Å². The first-order valence-corrected chi connectivity index (χ1v) is 6.57. The van der Waals surface area contributed by atoms with Gasteiger partial charge in [0.15, 0.2) is 0 Å². The molecule has 0 amide bonds. The minimum atomic E-state index is 0.775. The fourth-order valence-corrected chi connectivity index (χ4v) is 2.19. The van der Waals surface area contributed by atoms with Gasteiger partial charge in [-0.25, -0.2) is 0 Å². The van der Waals surface area contributed by atoms with Crippen LogP contribution in [-0.4, -0.2) is 19.6 Å². The van der Waals surface area contributed by atoms with Gasteiger partial charge in [-0.3, -0.25) is 9.36 Å². The summed E-state index contributed by atoms with van der Waals surface area (Å²) in [6, 6.07) is 9.87. The monoisotopic (exact) mass is 267 g/mol. The molecule has 1 aromatic carbocycles. The van der Waals surface area contributed by atoms with E-state index in [0.717, 1.165) is 29.8 Å². The van der Waals surface area contributed by atoms with Crippen molar-refractivity contribution in [2.24, 2.45) is 7.05 Å². The SMILES string of the molecule is Cn1nccc1CCn1cc(-c2ccc(N)cc2)cn1. The molecule has 2 heterocycles. The van der Waals surface area contributed by atoms with E-state index < -0.39 is 0 Å². The maximum Gasteiger partial charge on any atom is 0.0568 e. The molecule has 20 heavy (non-hydrogen) atoms. The highest BCUT2D eigenvalue weighted by Crippen LogP contribution is 2.19. The Hall–Kier alpha value is -2.56. The summed E-state index contributed by atoms with van der Waals surface area (Å²) < 4.78 is 3.85. The second-order valence-electron chi connectivity index (χ2n) is 4.81. The van der Waals surface area contributed by atoms with Crippen LogP contribution in [0.3, 0.4) is 0 Å². The van der Waals surface area contributed by atoms with Gasteiger partial charge in [0.2, 0.25) is 0 Å². The molecule has 0 fully saturated rings. The summed E-state index contributed by atoms with van der Waals surface area (Å²) in [7, 11) is 1.96. The second kappa shape index (κ2) is 5.21. The molecule has 0 bridgehead atoms. The van der Waals surface area contributed by atoms with E-state index in [9.17, 15) is 0 Å². The Kier molecular flexibility index (Phi) is 3.25. The van der Waals surface area contributed by atoms with Crippen LogP contribution in [0.1, 0.15) is 5.69 Å². The maximum atomic E-state index is 5.70. The molecule has 5 heteroatoms. The maximum absolute atomic E-state index is 5.70. The molecule has 3 aromatic rings. The number of rotatable bonds is 4. The van der Waals surface area contributed by atoms with Crippen molar-refractivity contribution in [3.63, 3.8) is 0 Å². The average molecular weight is 267 g/mol. The smallest absolute Gasteiger partial charge is 0.0568 e. The molecule has 0 spiro atoms. The lowest BCUT2D eigenvalue weighted by Crippen LogP contribution is -2.05. The molecule has 0 aliphatic rings. The Morgan fingerprint density at radius 3 is 2.55 bits per heavy atom. The first-order chi connectivity index (χ1) is 9.72. The van der Waals surface area contributed by atoms with Gasteiger partial charge in [-0.2, -0.15) is 10.2 Å². The number of hydrogen-bond donors (Lipinski definition) is 1. The van der Waals surface area contributed by atoms with Crippen molar-refractivity contribution < 1.29 is 0 Å². The molecule has 2 N–H and O–H groups in total. The lowest BCUT2D eigenvalue weighted by molar-refractivity contribution is 0.586. The zero-order valence-corrected chi connectivity index (χ0v) is 11.4. The first kappa shape index (κ1) is 12.5. The Bertz CT molecular complexity index is 693. The Morgan fingerprint density at radius 2 is 1.85 bits per heavy atom. The molecule has 5 nitrogen and oxygen atoms in total. The van der Waals surface area contributed by atoms with Gasteiger partial charge >= 0.3 is 0 Å². The summed E-state index contributed by atoms with van der Waals surface area (Å²) in [6.07, 6.45) is 6.67. The van der Waals surface area contributed by atoms with E-state index in [1.54, 1.807) is 0 Å². The highest BCUT2D eigenvalue weighted by Gasteiger charge is 2.03. The standard InChI is InChI=1S/C15H17N5/c1-19-15(6-8-17-19)7-9-20-11-13(10-18-20)12-2-4-14(16)5-3-12/h2-6,8,10-11H,7,9,16H2,1H3. The summed E-state index contributed by atoms with van der Waals surface area (Å²) in [5, 5.41) is 8.56. The Balaban J connectivity index is 1.71. The molecule has 2 aromatic heterocycles. The average Bonchev–Trinajstić information content (AvgIpc) is 3.06. The van der Waals surface area contributed by atoms with E-state index in [1.807, 2.05) is 59.1 Å². The molecule has 0 radical (unpaired) electrons. The third kappa shape index (κ3) is 2.56. The van der Waals surface area contributed by atoms with Crippen molar-refractivity contribution in [3.05, 3.63) is 54.6 Å². The second-order valence-corrected chi connectivity index (χ2v) is 4.81. The van der Waals surface area contributed by atoms with E-state index in [1.165, 1.54) is 5.69 Å². The fourth-order valence-electron chi connectivity index (χ4n) is 2.19. The van der Waals surface area contributed by atoms with Crippen molar-refractivity contribution in [2.45, 2.75) is 13.0 Å². The Labute approximate surface area is 117 Å². The summed E-state index contributed by atoms with van der Waals surface area (Å²) >= 11 is 0. The van der Waals surface area contributed by atoms with Gasteiger partial charge in [0.05, 0.1) is 6.20 Å². The molecule has 0 saturated heterocycles. The van der Waals surface area contributed by atoms with Gasteiger partial charge in [0.25, 0.3) is 0 Å². The molecule has 0 aliphatic carbocycles. The number of aryl methyl sites for hydroxylation is 3. The van der Waals surface area contributed by atoms with E-state index >= 15 is 0 Å². The van der Waals surface area contributed by atoms with Crippen LogP contribution in [0.2, 0.25) is 0 Å². The summed E-state index contributed by atoms with van der Waals surface area (Å²) in [4.78, 5) is 0. The third-order valence-electron chi connectivity index (χ3n) is 3.40. The van der Waals surface area contributed by atoms with E-state index in [0.29, 0.717) is 0 Å². The highest BCUT2D eigenvalue weighted by molar-refractivity contribution is 5.63. The molecular weight excluding hydrogens is 250 g/mol. The molecule has 0 aliphatic heterocycles. The third-order valence-corrected chi connectivity index (χ3v) is 3.40. The normalized spacial score (nSPS) is 10.8. The van der Waals surface area contributed by atoms with Crippen molar-refractivity contribution in [3.8, 4) is 11.1 Å². The number of anilines is 1. The first-order valence-electron chi connectivity index (χ1n) is 6.57. The van der Waals surface area contributed by atoms with Gasteiger partial charge in [0.1, 0.15) is 0 Å². The molecule has 0 atom stereocenters. The predicted octanol–water partition coefficient (Wildman–Crippen LogP) is 2.11. The van der Waals surface area contributed by atoms with Crippen molar-refractivity contribution >= 4 is 5.69 Å². The van der Waals surface area contributed by atoms with Gasteiger partial charge < -0.3 is 5.73 Å². The van der Waals surface area contributed by atoms with Crippen LogP contribution in [0.5, 0.6) is 0 Å². The Morgan fingerprint density at radius 1 is 1.05 bits per heavy atom. The van der Waals surface area contributed by atoms with E-state index in [-0.39, 0.29) is 0 Å². The zero-order chi connectivity index (χ0) is 13.9. The van der Waals surface area contributed by atoms with Gasteiger partial charge in [-0.1, -0.05) is 12.1 Å². The van der Waals surface area contributed by atoms with Crippen molar-refractivity contribution in [2.75, 3.05) is 5.73 Å². The molecule has 3 rings (SSSR count). The molecule has 0 unspecified atom stereocenters. The number of nitrogen functional groups attached to an aromatic ring is 1. The van der Waals surface area contributed by atoms with E-state index in [4.69, 9.17) is 5.73 Å². The fraction of sp³-hybridized carbons (Fsp3) is 0.200. The van der Waals surface area contributed by atoms with Gasteiger partial charge in [-0.15, -0.1) is 0 Å². The lowest BCUT2D eigenvalue weighted by atomic mass is 10.1. The van der Waals surface area contributed by atoms with Crippen LogP contribution >= 0.6 is 0 Å². The predicted molar refractivity (Wildman–Crippen MR) is 79.0 cm³/mol.